The van der Waals surface area contributed by atoms with Gasteiger partial charge in [0.15, 0.2) is 5.82 Å². The number of thiazole rings is 1. The van der Waals surface area contributed by atoms with Crippen LogP contribution in [0.15, 0.2) is 12.4 Å². The van der Waals surface area contributed by atoms with Crippen molar-refractivity contribution in [1.82, 2.24) is 14.5 Å². The van der Waals surface area contributed by atoms with Gasteiger partial charge in [0, 0.05) is 17.5 Å². The van der Waals surface area contributed by atoms with Crippen molar-refractivity contribution in [1.29, 1.82) is 0 Å². The number of aryl methyl sites for hydroxylation is 1. The van der Waals surface area contributed by atoms with Crippen LogP contribution in [0.3, 0.4) is 0 Å². The van der Waals surface area contributed by atoms with Gasteiger partial charge in [0.1, 0.15) is 11.2 Å². The number of rotatable bonds is 4. The normalized spacial score (nSPS) is 12.6. The number of hydrogen-bond acceptors (Lipinski definition) is 6. The summed E-state index contributed by atoms with van der Waals surface area (Å²) in [6.07, 6.45) is 3.58. The molecule has 1 atom stereocenters. The van der Waals surface area contributed by atoms with E-state index in [1.807, 2.05) is 6.92 Å². The number of hydrogen-bond donors (Lipinski definition) is 1. The summed E-state index contributed by atoms with van der Waals surface area (Å²) in [5.41, 5.74) is 0. The predicted octanol–water partition coefficient (Wildman–Crippen LogP) is 2.31. The van der Waals surface area contributed by atoms with E-state index >= 15 is 0 Å². The van der Waals surface area contributed by atoms with Crippen LogP contribution in [0.25, 0.3) is 0 Å². The monoisotopic (exact) mass is 284 g/mol. The quantitative estimate of drug-likeness (QED) is 0.531. The van der Waals surface area contributed by atoms with Crippen molar-refractivity contribution in [3.05, 3.63) is 38.2 Å². The van der Waals surface area contributed by atoms with Gasteiger partial charge in [-0.1, -0.05) is 0 Å². The highest BCUT2D eigenvalue weighted by Crippen LogP contribution is 2.28. The van der Waals surface area contributed by atoms with Gasteiger partial charge in [-0.05, 0) is 11.8 Å². The Morgan fingerprint density at radius 3 is 2.78 bits per heavy atom. The van der Waals surface area contributed by atoms with Gasteiger partial charge in [0.2, 0.25) is 0 Å². The summed E-state index contributed by atoms with van der Waals surface area (Å²) in [6.45, 7) is 1.98. The molecule has 18 heavy (non-hydrogen) atoms. The maximum absolute atomic E-state index is 10.7. The van der Waals surface area contributed by atoms with Crippen LogP contribution in [-0.4, -0.2) is 19.5 Å². The van der Waals surface area contributed by atoms with Crippen LogP contribution < -0.4 is 0 Å². The predicted molar refractivity (Wildman–Crippen MR) is 72.1 cm³/mol. The molecule has 0 N–H and O–H groups in total. The second-order valence-corrected chi connectivity index (χ2v) is 5.77. The zero-order chi connectivity index (χ0) is 13.3. The molecule has 0 bridgehead atoms. The van der Waals surface area contributed by atoms with E-state index < -0.39 is 4.92 Å². The van der Waals surface area contributed by atoms with Gasteiger partial charge in [-0.2, -0.15) is 12.6 Å². The zero-order valence-corrected chi connectivity index (χ0v) is 11.6. The molecule has 1 unspecified atom stereocenters. The molecule has 2 heterocycles. The summed E-state index contributed by atoms with van der Waals surface area (Å²) in [5, 5.41) is 11.5. The fourth-order valence-electron chi connectivity index (χ4n) is 1.58. The minimum Gasteiger partial charge on any atom is -0.358 e. The summed E-state index contributed by atoms with van der Waals surface area (Å²) < 4.78 is 1.48. The Morgan fingerprint density at radius 2 is 2.28 bits per heavy atom. The summed E-state index contributed by atoms with van der Waals surface area (Å²) in [5.74, 6) is 0.621. The van der Waals surface area contributed by atoms with E-state index in [0.717, 1.165) is 9.88 Å². The van der Waals surface area contributed by atoms with Gasteiger partial charge in [-0.15, -0.1) is 11.3 Å². The molecule has 0 aromatic carbocycles. The summed E-state index contributed by atoms with van der Waals surface area (Å²) in [4.78, 5) is 19.7. The third-order valence-electron chi connectivity index (χ3n) is 2.55. The SMILES string of the molecule is Cc1cnc(C(S)Cc2ncc([N+](=O)[O-])n2C)s1. The van der Waals surface area contributed by atoms with Crippen molar-refractivity contribution >= 4 is 29.8 Å². The van der Waals surface area contributed by atoms with Crippen LogP contribution in [0.1, 0.15) is 21.0 Å². The molecule has 0 saturated carbocycles. The Balaban J connectivity index is 2.17. The summed E-state index contributed by atoms with van der Waals surface area (Å²) in [7, 11) is 1.63. The first-order valence-corrected chi connectivity index (χ1v) is 6.57. The third kappa shape index (κ3) is 2.54. The van der Waals surface area contributed by atoms with E-state index in [1.165, 1.54) is 10.8 Å². The number of nitro groups is 1. The largest absolute Gasteiger partial charge is 0.358 e. The van der Waals surface area contributed by atoms with E-state index in [9.17, 15) is 10.1 Å². The highest BCUT2D eigenvalue weighted by molar-refractivity contribution is 7.80. The van der Waals surface area contributed by atoms with Crippen molar-refractivity contribution in [2.45, 2.75) is 18.6 Å². The molecule has 96 valence electrons. The first-order chi connectivity index (χ1) is 8.49. The van der Waals surface area contributed by atoms with E-state index in [1.54, 1.807) is 24.6 Å². The number of aromatic nitrogens is 3. The molecular weight excluding hydrogens is 272 g/mol. The topological polar surface area (TPSA) is 73.8 Å². The molecular formula is C10H12N4O2S2. The van der Waals surface area contributed by atoms with Crippen LogP contribution in [0.2, 0.25) is 0 Å². The molecule has 0 fully saturated rings. The molecule has 0 spiro atoms. The Morgan fingerprint density at radius 1 is 1.56 bits per heavy atom. The van der Waals surface area contributed by atoms with E-state index in [0.29, 0.717) is 12.2 Å². The van der Waals surface area contributed by atoms with Crippen molar-refractivity contribution in [3.63, 3.8) is 0 Å². The summed E-state index contributed by atoms with van der Waals surface area (Å²) in [6, 6.07) is 0. The Hall–Kier alpha value is -1.41. The zero-order valence-electron chi connectivity index (χ0n) is 9.90. The minimum absolute atomic E-state index is 0.0131. The van der Waals surface area contributed by atoms with Gasteiger partial charge in [0.05, 0.1) is 12.3 Å². The second-order valence-electron chi connectivity index (χ2n) is 3.88. The van der Waals surface area contributed by atoms with Gasteiger partial charge in [-0.25, -0.2) is 14.5 Å². The average Bonchev–Trinajstić information content (AvgIpc) is 2.86. The lowest BCUT2D eigenvalue weighted by atomic mass is 10.3. The fourth-order valence-corrected chi connectivity index (χ4v) is 2.73. The standard InChI is InChI=1S/C10H12N4O2S2/c1-6-4-12-10(18-6)7(17)3-8-11-5-9(13(8)2)14(15)16/h4-5,7,17H,3H2,1-2H3. The van der Waals surface area contributed by atoms with Crippen LogP contribution in [-0.2, 0) is 13.5 Å². The average molecular weight is 284 g/mol. The van der Waals surface area contributed by atoms with Crippen LogP contribution >= 0.6 is 24.0 Å². The van der Waals surface area contributed by atoms with Crippen molar-refractivity contribution in [3.8, 4) is 0 Å². The molecule has 0 amide bonds. The lowest BCUT2D eigenvalue weighted by molar-refractivity contribution is -0.391. The Bertz CT molecular complexity index is 578. The third-order valence-corrected chi connectivity index (χ3v) is 4.18. The molecule has 0 aliphatic carbocycles. The molecule has 0 saturated heterocycles. The molecule has 8 heteroatoms. The first-order valence-electron chi connectivity index (χ1n) is 5.24. The maximum Gasteiger partial charge on any atom is 0.342 e. The van der Waals surface area contributed by atoms with Crippen molar-refractivity contribution in [2.24, 2.45) is 7.05 Å². The van der Waals surface area contributed by atoms with Crippen molar-refractivity contribution < 1.29 is 4.92 Å². The van der Waals surface area contributed by atoms with E-state index in [2.05, 4.69) is 22.6 Å². The lowest BCUT2D eigenvalue weighted by Gasteiger charge is -2.04. The second kappa shape index (κ2) is 5.07. The molecule has 6 nitrogen and oxygen atoms in total. The van der Waals surface area contributed by atoms with Crippen LogP contribution in [0.4, 0.5) is 5.82 Å². The highest BCUT2D eigenvalue weighted by Gasteiger charge is 2.20. The van der Waals surface area contributed by atoms with E-state index in [-0.39, 0.29) is 11.1 Å². The number of thiol groups is 1. The molecule has 2 aromatic heterocycles. The highest BCUT2D eigenvalue weighted by atomic mass is 32.1. The first kappa shape index (κ1) is 13.0. The van der Waals surface area contributed by atoms with Gasteiger partial charge in [-0.3, -0.25) is 0 Å². The lowest BCUT2D eigenvalue weighted by Crippen LogP contribution is -2.05. The Labute approximate surface area is 113 Å². The molecule has 0 radical (unpaired) electrons. The molecule has 2 rings (SSSR count). The van der Waals surface area contributed by atoms with Crippen LogP contribution in [0.5, 0.6) is 0 Å². The smallest absolute Gasteiger partial charge is 0.342 e. The number of imidazole rings is 1. The fraction of sp³-hybridized carbons (Fsp3) is 0.400. The molecule has 0 aliphatic rings. The van der Waals surface area contributed by atoms with Crippen LogP contribution in [0, 0.1) is 17.0 Å². The van der Waals surface area contributed by atoms with Gasteiger partial charge < -0.3 is 10.1 Å². The van der Waals surface area contributed by atoms with Gasteiger partial charge in [0.25, 0.3) is 0 Å². The van der Waals surface area contributed by atoms with E-state index in [4.69, 9.17) is 0 Å². The summed E-state index contributed by atoms with van der Waals surface area (Å²) >= 11 is 6.05. The molecule has 2 aromatic rings. The maximum atomic E-state index is 10.7. The minimum atomic E-state index is -0.447. The Kier molecular flexibility index (Phi) is 3.67. The van der Waals surface area contributed by atoms with Gasteiger partial charge >= 0.3 is 5.82 Å². The number of nitrogens with zero attached hydrogens (tertiary/aromatic N) is 4. The molecule has 0 aliphatic heterocycles. The van der Waals surface area contributed by atoms with Crippen molar-refractivity contribution in [2.75, 3.05) is 0 Å².